The quantitative estimate of drug-likeness (QED) is 0.877. The average Bonchev–Trinajstić information content (AvgIpc) is 2.54. The van der Waals surface area contributed by atoms with Gasteiger partial charge in [0.2, 0.25) is 5.91 Å². The number of ether oxygens (including phenoxy) is 3. The lowest BCUT2D eigenvalue weighted by molar-refractivity contribution is -0.115. The van der Waals surface area contributed by atoms with E-state index in [1.165, 1.54) is 0 Å². The Hall–Kier alpha value is -2.40. The number of halogens is 1. The van der Waals surface area contributed by atoms with Gasteiger partial charge >= 0.3 is 0 Å². The summed E-state index contributed by atoms with van der Waals surface area (Å²) in [6, 6.07) is 10.3. The van der Waals surface area contributed by atoms with E-state index in [9.17, 15) is 4.79 Å². The van der Waals surface area contributed by atoms with Gasteiger partial charge in [0.05, 0.1) is 27.8 Å². The van der Waals surface area contributed by atoms with Crippen molar-refractivity contribution in [1.29, 1.82) is 0 Å². The number of rotatable bonds is 6. The number of benzene rings is 2. The van der Waals surface area contributed by atoms with Crippen LogP contribution < -0.4 is 19.5 Å². The van der Waals surface area contributed by atoms with Crippen LogP contribution in [-0.2, 0) is 11.2 Å². The molecular formula is C17H18ClNO4. The van der Waals surface area contributed by atoms with Crippen LogP contribution in [0.2, 0.25) is 5.02 Å². The number of carbonyl (C=O) groups is 1. The van der Waals surface area contributed by atoms with Crippen molar-refractivity contribution in [2.45, 2.75) is 6.42 Å². The Kier molecular flexibility index (Phi) is 5.71. The lowest BCUT2D eigenvalue weighted by Gasteiger charge is -2.12. The first-order chi connectivity index (χ1) is 11.1. The third kappa shape index (κ3) is 4.29. The van der Waals surface area contributed by atoms with E-state index < -0.39 is 0 Å². The highest BCUT2D eigenvalue weighted by Crippen LogP contribution is 2.30. The van der Waals surface area contributed by atoms with Gasteiger partial charge in [-0.3, -0.25) is 4.79 Å². The van der Waals surface area contributed by atoms with E-state index in [1.807, 2.05) is 0 Å². The maximum atomic E-state index is 12.2. The maximum absolute atomic E-state index is 12.2. The van der Waals surface area contributed by atoms with Crippen molar-refractivity contribution >= 4 is 23.2 Å². The minimum absolute atomic E-state index is 0.151. The molecule has 0 aromatic heterocycles. The molecule has 0 radical (unpaired) electrons. The number of methoxy groups -OCH3 is 3. The van der Waals surface area contributed by atoms with E-state index in [0.29, 0.717) is 28.0 Å². The normalized spacial score (nSPS) is 10.1. The van der Waals surface area contributed by atoms with Crippen LogP contribution in [-0.4, -0.2) is 27.2 Å². The second-order valence-electron chi connectivity index (χ2n) is 4.75. The molecule has 0 saturated carbocycles. The number of nitrogens with one attached hydrogen (secondary N) is 1. The summed E-state index contributed by atoms with van der Waals surface area (Å²) in [5, 5.41) is 3.37. The molecule has 23 heavy (non-hydrogen) atoms. The van der Waals surface area contributed by atoms with Crippen molar-refractivity contribution in [3.63, 3.8) is 0 Å². The molecule has 0 saturated heterocycles. The van der Waals surface area contributed by atoms with Crippen molar-refractivity contribution in [2.75, 3.05) is 26.6 Å². The Labute approximate surface area is 140 Å². The molecule has 2 aromatic rings. The minimum Gasteiger partial charge on any atom is -0.496 e. The van der Waals surface area contributed by atoms with Gasteiger partial charge in [-0.05, 0) is 30.3 Å². The van der Waals surface area contributed by atoms with Crippen molar-refractivity contribution in [1.82, 2.24) is 0 Å². The van der Waals surface area contributed by atoms with Gasteiger partial charge in [-0.1, -0.05) is 11.6 Å². The van der Waals surface area contributed by atoms with E-state index >= 15 is 0 Å². The van der Waals surface area contributed by atoms with Crippen LogP contribution in [0.5, 0.6) is 17.2 Å². The van der Waals surface area contributed by atoms with Gasteiger partial charge in [0.15, 0.2) is 11.5 Å². The molecule has 0 aliphatic rings. The number of amides is 1. The number of carbonyl (C=O) groups excluding carboxylic acids is 1. The Morgan fingerprint density at radius 2 is 1.61 bits per heavy atom. The third-order valence-corrected chi connectivity index (χ3v) is 3.50. The summed E-state index contributed by atoms with van der Waals surface area (Å²) in [4.78, 5) is 12.2. The fourth-order valence-corrected chi connectivity index (χ4v) is 2.37. The molecular weight excluding hydrogens is 318 g/mol. The van der Waals surface area contributed by atoms with Gasteiger partial charge in [-0.25, -0.2) is 0 Å². The predicted octanol–water partition coefficient (Wildman–Crippen LogP) is 3.55. The van der Waals surface area contributed by atoms with Crippen molar-refractivity contribution < 1.29 is 19.0 Å². The lowest BCUT2D eigenvalue weighted by atomic mass is 10.1. The van der Waals surface area contributed by atoms with Crippen LogP contribution in [0, 0.1) is 0 Å². The van der Waals surface area contributed by atoms with Crippen LogP contribution in [0.4, 0.5) is 5.69 Å². The van der Waals surface area contributed by atoms with E-state index in [1.54, 1.807) is 57.7 Å². The molecule has 6 heteroatoms. The zero-order valence-electron chi connectivity index (χ0n) is 13.2. The van der Waals surface area contributed by atoms with Gasteiger partial charge in [0.25, 0.3) is 0 Å². The molecule has 0 aliphatic heterocycles. The summed E-state index contributed by atoms with van der Waals surface area (Å²) < 4.78 is 15.6. The summed E-state index contributed by atoms with van der Waals surface area (Å²) in [5.41, 5.74) is 1.34. The second-order valence-corrected chi connectivity index (χ2v) is 5.19. The first kappa shape index (κ1) is 17.0. The standard InChI is InChI=1S/C17H18ClNO4/c1-21-14-6-4-12(18)8-11(14)9-17(20)19-13-5-7-15(22-2)16(10-13)23-3/h4-8,10H,9H2,1-3H3,(H,19,20). The molecule has 0 heterocycles. The Bertz CT molecular complexity index is 703. The number of anilines is 1. The van der Waals surface area contributed by atoms with Crippen LogP contribution in [0.3, 0.4) is 0 Å². The van der Waals surface area contributed by atoms with Crippen molar-refractivity contribution in [3.05, 3.63) is 47.0 Å². The first-order valence-electron chi connectivity index (χ1n) is 6.91. The predicted molar refractivity (Wildman–Crippen MR) is 89.9 cm³/mol. The summed E-state index contributed by atoms with van der Waals surface area (Å²) in [6.07, 6.45) is 0.151. The zero-order chi connectivity index (χ0) is 16.8. The number of hydrogen-bond acceptors (Lipinski definition) is 4. The van der Waals surface area contributed by atoms with Crippen molar-refractivity contribution in [3.8, 4) is 17.2 Å². The van der Waals surface area contributed by atoms with Crippen LogP contribution in [0.25, 0.3) is 0 Å². The lowest BCUT2D eigenvalue weighted by Crippen LogP contribution is -2.15. The molecule has 0 atom stereocenters. The van der Waals surface area contributed by atoms with Crippen LogP contribution in [0.15, 0.2) is 36.4 Å². The fourth-order valence-electron chi connectivity index (χ4n) is 2.18. The molecule has 0 unspecified atom stereocenters. The average molecular weight is 336 g/mol. The monoisotopic (exact) mass is 335 g/mol. The highest BCUT2D eigenvalue weighted by Gasteiger charge is 2.11. The molecule has 5 nitrogen and oxygen atoms in total. The topological polar surface area (TPSA) is 56.8 Å². The Morgan fingerprint density at radius 1 is 0.957 bits per heavy atom. The van der Waals surface area contributed by atoms with Crippen molar-refractivity contribution in [2.24, 2.45) is 0 Å². The Balaban J connectivity index is 2.12. The smallest absolute Gasteiger partial charge is 0.228 e. The molecule has 0 fully saturated rings. The highest BCUT2D eigenvalue weighted by atomic mass is 35.5. The molecule has 2 aromatic carbocycles. The number of hydrogen-bond donors (Lipinski definition) is 1. The molecule has 122 valence electrons. The molecule has 0 bridgehead atoms. The van der Waals surface area contributed by atoms with Crippen LogP contribution >= 0.6 is 11.6 Å². The molecule has 0 spiro atoms. The summed E-state index contributed by atoms with van der Waals surface area (Å²) in [6.45, 7) is 0. The third-order valence-electron chi connectivity index (χ3n) is 3.26. The zero-order valence-corrected chi connectivity index (χ0v) is 13.9. The summed E-state index contributed by atoms with van der Waals surface area (Å²) >= 11 is 5.97. The molecule has 0 aliphatic carbocycles. The maximum Gasteiger partial charge on any atom is 0.228 e. The SMILES string of the molecule is COc1ccc(Cl)cc1CC(=O)Nc1ccc(OC)c(OC)c1. The largest absolute Gasteiger partial charge is 0.496 e. The van der Waals surface area contributed by atoms with Gasteiger partial charge < -0.3 is 19.5 Å². The molecule has 1 amide bonds. The Morgan fingerprint density at radius 3 is 2.26 bits per heavy atom. The van der Waals surface area contributed by atoms with Gasteiger partial charge in [-0.15, -0.1) is 0 Å². The highest BCUT2D eigenvalue weighted by molar-refractivity contribution is 6.30. The van der Waals surface area contributed by atoms with Gasteiger partial charge in [0.1, 0.15) is 5.75 Å². The van der Waals surface area contributed by atoms with E-state index in [0.717, 1.165) is 5.56 Å². The molecule has 1 N–H and O–H groups in total. The van der Waals surface area contributed by atoms with E-state index in [-0.39, 0.29) is 12.3 Å². The second kappa shape index (κ2) is 7.74. The molecule has 2 rings (SSSR count). The fraction of sp³-hybridized carbons (Fsp3) is 0.235. The summed E-state index contributed by atoms with van der Waals surface area (Å²) in [5.74, 6) is 1.59. The minimum atomic E-state index is -0.183. The first-order valence-corrected chi connectivity index (χ1v) is 7.29. The van der Waals surface area contributed by atoms with Gasteiger partial charge in [-0.2, -0.15) is 0 Å². The summed E-state index contributed by atoms with van der Waals surface area (Å²) in [7, 11) is 4.65. The van der Waals surface area contributed by atoms with E-state index in [4.69, 9.17) is 25.8 Å². The van der Waals surface area contributed by atoms with Crippen LogP contribution in [0.1, 0.15) is 5.56 Å². The van der Waals surface area contributed by atoms with E-state index in [2.05, 4.69) is 5.32 Å². The van der Waals surface area contributed by atoms with Gasteiger partial charge in [0, 0.05) is 22.3 Å².